The first kappa shape index (κ1) is 16.1. The molecule has 1 N–H and O–H groups in total. The summed E-state index contributed by atoms with van der Waals surface area (Å²) < 4.78 is 6.98. The van der Waals surface area contributed by atoms with Crippen LogP contribution in [0.4, 0.5) is 4.79 Å². The summed E-state index contributed by atoms with van der Waals surface area (Å²) >= 11 is 6.13. The van der Waals surface area contributed by atoms with Gasteiger partial charge in [-0.3, -0.25) is 4.68 Å². The number of halogens is 1. The zero-order chi connectivity index (χ0) is 15.8. The molecule has 21 heavy (non-hydrogen) atoms. The highest BCUT2D eigenvalue weighted by molar-refractivity contribution is 6.31. The molecule has 1 saturated heterocycles. The lowest BCUT2D eigenvalue weighted by atomic mass is 9.90. The first-order valence-corrected chi connectivity index (χ1v) is 7.46. The van der Waals surface area contributed by atoms with Crippen molar-refractivity contribution in [2.75, 3.05) is 13.1 Å². The van der Waals surface area contributed by atoms with Crippen LogP contribution in [0.15, 0.2) is 6.20 Å². The number of β-amino-alcohol motifs (C(OH)–C–C–N with tert-alkyl or cyclic N) is 1. The summed E-state index contributed by atoms with van der Waals surface area (Å²) in [5.74, 6) is 0. The van der Waals surface area contributed by atoms with E-state index in [-0.39, 0.29) is 13.1 Å². The minimum Gasteiger partial charge on any atom is -0.444 e. The van der Waals surface area contributed by atoms with E-state index in [0.717, 1.165) is 6.42 Å². The van der Waals surface area contributed by atoms with Crippen LogP contribution in [-0.2, 0) is 16.9 Å². The van der Waals surface area contributed by atoms with Crippen LogP contribution < -0.4 is 0 Å². The second kappa shape index (κ2) is 5.50. The molecular weight excluding hydrogens is 294 g/mol. The molecule has 1 amide bonds. The standard InChI is InChI=1S/C14H22ClN3O3/c1-5-6-18-11(10(15)7-16-18)14(20)8-17(9-14)12(19)21-13(2,3)4/h7,20H,5-6,8-9H2,1-4H3. The van der Waals surface area contributed by atoms with Crippen LogP contribution in [0.2, 0.25) is 5.02 Å². The van der Waals surface area contributed by atoms with Gasteiger partial charge in [0.15, 0.2) is 0 Å². The fourth-order valence-electron chi connectivity index (χ4n) is 2.40. The minimum absolute atomic E-state index is 0.164. The molecule has 0 aliphatic carbocycles. The molecule has 1 aromatic heterocycles. The van der Waals surface area contributed by atoms with Gasteiger partial charge in [0.25, 0.3) is 0 Å². The Morgan fingerprint density at radius 1 is 1.52 bits per heavy atom. The van der Waals surface area contributed by atoms with Crippen molar-refractivity contribution in [3.63, 3.8) is 0 Å². The molecule has 0 unspecified atom stereocenters. The number of rotatable bonds is 3. The van der Waals surface area contributed by atoms with Crippen molar-refractivity contribution in [3.05, 3.63) is 16.9 Å². The van der Waals surface area contributed by atoms with Crippen molar-refractivity contribution >= 4 is 17.7 Å². The van der Waals surface area contributed by atoms with Crippen molar-refractivity contribution < 1.29 is 14.6 Å². The highest BCUT2D eigenvalue weighted by Gasteiger charge is 2.49. The maximum atomic E-state index is 11.9. The number of aromatic nitrogens is 2. The Balaban J connectivity index is 2.08. The Morgan fingerprint density at radius 2 is 2.14 bits per heavy atom. The normalized spacial score (nSPS) is 17.5. The number of aliphatic hydroxyl groups is 1. The zero-order valence-electron chi connectivity index (χ0n) is 12.9. The molecule has 0 radical (unpaired) electrons. The van der Waals surface area contributed by atoms with E-state index in [2.05, 4.69) is 5.10 Å². The summed E-state index contributed by atoms with van der Waals surface area (Å²) in [5.41, 5.74) is -1.13. The van der Waals surface area contributed by atoms with E-state index in [4.69, 9.17) is 16.3 Å². The van der Waals surface area contributed by atoms with Crippen LogP contribution in [-0.4, -0.2) is 44.6 Å². The van der Waals surface area contributed by atoms with E-state index >= 15 is 0 Å². The average Bonchev–Trinajstić information content (AvgIpc) is 2.65. The topological polar surface area (TPSA) is 67.6 Å². The van der Waals surface area contributed by atoms with Crippen molar-refractivity contribution in [1.29, 1.82) is 0 Å². The van der Waals surface area contributed by atoms with Crippen LogP contribution >= 0.6 is 11.6 Å². The maximum absolute atomic E-state index is 11.9. The molecular formula is C14H22ClN3O3. The number of hydrogen-bond donors (Lipinski definition) is 1. The highest BCUT2D eigenvalue weighted by Crippen LogP contribution is 2.36. The lowest BCUT2D eigenvalue weighted by molar-refractivity contribution is -0.108. The second-order valence-electron chi connectivity index (χ2n) is 6.43. The lowest BCUT2D eigenvalue weighted by Crippen LogP contribution is -2.62. The Hall–Kier alpha value is -1.27. The van der Waals surface area contributed by atoms with E-state index in [9.17, 15) is 9.90 Å². The van der Waals surface area contributed by atoms with Crippen LogP contribution in [0, 0.1) is 0 Å². The van der Waals surface area contributed by atoms with Crippen molar-refractivity contribution in [2.45, 2.75) is 51.9 Å². The molecule has 1 aromatic rings. The number of aryl methyl sites for hydroxylation is 1. The predicted octanol–water partition coefficient (Wildman–Crippen LogP) is 2.38. The number of likely N-dealkylation sites (tertiary alicyclic amines) is 1. The van der Waals surface area contributed by atoms with Crippen LogP contribution in [0.5, 0.6) is 0 Å². The van der Waals surface area contributed by atoms with Gasteiger partial charge in [-0.1, -0.05) is 18.5 Å². The summed E-state index contributed by atoms with van der Waals surface area (Å²) in [6.07, 6.45) is 1.99. The summed E-state index contributed by atoms with van der Waals surface area (Å²) in [6.45, 7) is 8.46. The van der Waals surface area contributed by atoms with Crippen molar-refractivity contribution in [2.24, 2.45) is 0 Å². The van der Waals surface area contributed by atoms with E-state index in [0.29, 0.717) is 17.3 Å². The van der Waals surface area contributed by atoms with Gasteiger partial charge in [0.2, 0.25) is 0 Å². The van der Waals surface area contributed by atoms with Crippen molar-refractivity contribution in [1.82, 2.24) is 14.7 Å². The molecule has 0 aromatic carbocycles. The Morgan fingerprint density at radius 3 is 2.67 bits per heavy atom. The SMILES string of the molecule is CCCn1ncc(Cl)c1C1(O)CN(C(=O)OC(C)(C)C)C1. The number of amides is 1. The quantitative estimate of drug-likeness (QED) is 0.930. The zero-order valence-corrected chi connectivity index (χ0v) is 13.6. The molecule has 1 aliphatic rings. The van der Waals surface area contributed by atoms with Gasteiger partial charge >= 0.3 is 6.09 Å². The number of carbonyl (C=O) groups is 1. The Kier molecular flexibility index (Phi) is 4.22. The second-order valence-corrected chi connectivity index (χ2v) is 6.84. The lowest BCUT2D eigenvalue weighted by Gasteiger charge is -2.46. The third-order valence-corrected chi connectivity index (χ3v) is 3.50. The molecule has 2 heterocycles. The monoisotopic (exact) mass is 315 g/mol. The molecule has 1 aliphatic heterocycles. The molecule has 2 rings (SSSR count). The van der Waals surface area contributed by atoms with Gasteiger partial charge in [-0.2, -0.15) is 5.10 Å². The number of carbonyl (C=O) groups excluding carboxylic acids is 1. The van der Waals surface area contributed by atoms with Gasteiger partial charge in [0.1, 0.15) is 11.2 Å². The van der Waals surface area contributed by atoms with Gasteiger partial charge in [0, 0.05) is 6.54 Å². The third-order valence-electron chi connectivity index (χ3n) is 3.23. The molecule has 118 valence electrons. The first-order valence-electron chi connectivity index (χ1n) is 7.08. The number of hydrogen-bond acceptors (Lipinski definition) is 4. The maximum Gasteiger partial charge on any atom is 0.410 e. The van der Waals surface area contributed by atoms with Gasteiger partial charge in [-0.05, 0) is 27.2 Å². The summed E-state index contributed by atoms with van der Waals surface area (Å²) in [5, 5.41) is 15.3. The fraction of sp³-hybridized carbons (Fsp3) is 0.714. The third kappa shape index (κ3) is 3.32. The van der Waals surface area contributed by atoms with E-state index in [1.54, 1.807) is 4.68 Å². The Labute approximate surface area is 129 Å². The largest absolute Gasteiger partial charge is 0.444 e. The molecule has 0 saturated carbocycles. The van der Waals surface area contributed by atoms with Gasteiger partial charge in [-0.15, -0.1) is 0 Å². The van der Waals surface area contributed by atoms with Crippen LogP contribution in [0.3, 0.4) is 0 Å². The molecule has 0 atom stereocenters. The molecule has 7 heteroatoms. The average molecular weight is 316 g/mol. The molecule has 1 fully saturated rings. The summed E-state index contributed by atoms with van der Waals surface area (Å²) in [4.78, 5) is 13.4. The van der Waals surface area contributed by atoms with E-state index in [1.165, 1.54) is 11.1 Å². The number of ether oxygens (including phenoxy) is 1. The molecule has 0 spiro atoms. The van der Waals surface area contributed by atoms with Gasteiger partial charge < -0.3 is 14.7 Å². The van der Waals surface area contributed by atoms with Crippen LogP contribution in [0.1, 0.15) is 39.8 Å². The van der Waals surface area contributed by atoms with Crippen LogP contribution in [0.25, 0.3) is 0 Å². The molecule has 6 nitrogen and oxygen atoms in total. The van der Waals surface area contributed by atoms with E-state index < -0.39 is 17.3 Å². The van der Waals surface area contributed by atoms with E-state index in [1.807, 2.05) is 27.7 Å². The smallest absolute Gasteiger partial charge is 0.410 e. The fourth-order valence-corrected chi connectivity index (χ4v) is 2.71. The Bertz CT molecular complexity index is 530. The summed E-state index contributed by atoms with van der Waals surface area (Å²) in [6, 6.07) is 0. The molecule has 0 bridgehead atoms. The highest BCUT2D eigenvalue weighted by atomic mass is 35.5. The minimum atomic E-state index is -1.15. The van der Waals surface area contributed by atoms with Gasteiger partial charge in [0.05, 0.1) is 30.0 Å². The predicted molar refractivity (Wildman–Crippen MR) is 79.2 cm³/mol. The van der Waals surface area contributed by atoms with Crippen molar-refractivity contribution in [3.8, 4) is 0 Å². The first-order chi connectivity index (χ1) is 9.66. The number of nitrogens with zero attached hydrogens (tertiary/aromatic N) is 3. The summed E-state index contributed by atoms with van der Waals surface area (Å²) in [7, 11) is 0. The van der Waals surface area contributed by atoms with Gasteiger partial charge in [-0.25, -0.2) is 4.79 Å².